The van der Waals surface area contributed by atoms with Gasteiger partial charge in [-0.15, -0.1) is 0 Å². The van der Waals surface area contributed by atoms with E-state index < -0.39 is 16.1 Å². The van der Waals surface area contributed by atoms with Crippen LogP contribution in [0.4, 0.5) is 4.79 Å². The number of nitrogens with one attached hydrogen (secondary N) is 1. The van der Waals surface area contributed by atoms with Crippen LogP contribution in [0.1, 0.15) is 18.4 Å². The summed E-state index contributed by atoms with van der Waals surface area (Å²) in [6, 6.07) is 15.2. The Morgan fingerprint density at radius 3 is 2.50 bits per heavy atom. The van der Waals surface area contributed by atoms with Crippen molar-refractivity contribution < 1.29 is 22.7 Å². The molecule has 0 radical (unpaired) electrons. The van der Waals surface area contributed by atoms with Crippen LogP contribution < -0.4 is 9.46 Å². The second-order valence-electron chi connectivity index (χ2n) is 7.50. The third-order valence-electron chi connectivity index (χ3n) is 5.35. The van der Waals surface area contributed by atoms with Gasteiger partial charge in [-0.25, -0.2) is 17.9 Å². The van der Waals surface area contributed by atoms with Crippen molar-refractivity contribution in [2.75, 3.05) is 27.0 Å². The van der Waals surface area contributed by atoms with Gasteiger partial charge in [0, 0.05) is 12.6 Å². The van der Waals surface area contributed by atoms with Gasteiger partial charge in [0.1, 0.15) is 5.75 Å². The molecule has 1 saturated heterocycles. The summed E-state index contributed by atoms with van der Waals surface area (Å²) in [7, 11) is -0.426. The SMILES string of the molecule is COC(=O)N1CCC[C@H](NS(C)(=O)=O)[C@@H]1Cc1cccc(-c2ccc(OC)cc2)c1. The van der Waals surface area contributed by atoms with Crippen LogP contribution in [0.5, 0.6) is 5.75 Å². The van der Waals surface area contributed by atoms with Crippen molar-refractivity contribution in [3.63, 3.8) is 0 Å². The second-order valence-corrected chi connectivity index (χ2v) is 9.28. The fourth-order valence-corrected chi connectivity index (χ4v) is 4.79. The fraction of sp³-hybridized carbons (Fsp3) is 0.409. The van der Waals surface area contributed by atoms with Gasteiger partial charge in [-0.2, -0.15) is 0 Å². The molecule has 162 valence electrons. The Morgan fingerprint density at radius 1 is 1.13 bits per heavy atom. The summed E-state index contributed by atoms with van der Waals surface area (Å²) in [6.07, 6.45) is 2.61. The molecular weight excluding hydrogens is 404 g/mol. The molecule has 0 aliphatic carbocycles. The quantitative estimate of drug-likeness (QED) is 0.758. The molecule has 2 aromatic rings. The molecule has 0 unspecified atom stereocenters. The maximum absolute atomic E-state index is 12.3. The van der Waals surface area contributed by atoms with Gasteiger partial charge >= 0.3 is 6.09 Å². The number of amides is 1. The van der Waals surface area contributed by atoms with Gasteiger partial charge in [-0.1, -0.05) is 36.4 Å². The molecule has 1 aliphatic rings. The lowest BCUT2D eigenvalue weighted by molar-refractivity contribution is 0.0792. The molecule has 8 heteroatoms. The van der Waals surface area contributed by atoms with Crippen LogP contribution >= 0.6 is 0 Å². The van der Waals surface area contributed by atoms with Crippen LogP contribution in [0.2, 0.25) is 0 Å². The first-order chi connectivity index (χ1) is 14.3. The fourth-order valence-electron chi connectivity index (χ4n) is 3.97. The van der Waals surface area contributed by atoms with E-state index in [4.69, 9.17) is 9.47 Å². The van der Waals surface area contributed by atoms with Crippen molar-refractivity contribution in [2.24, 2.45) is 0 Å². The van der Waals surface area contributed by atoms with Gasteiger partial charge in [0.25, 0.3) is 0 Å². The van der Waals surface area contributed by atoms with E-state index in [0.29, 0.717) is 25.8 Å². The lowest BCUT2D eigenvalue weighted by Crippen LogP contribution is -2.57. The zero-order chi connectivity index (χ0) is 21.7. The van der Waals surface area contributed by atoms with E-state index in [1.54, 1.807) is 12.0 Å². The minimum Gasteiger partial charge on any atom is -0.497 e. The molecule has 30 heavy (non-hydrogen) atoms. The normalized spacial score (nSPS) is 19.4. The Bertz CT molecular complexity index is 975. The summed E-state index contributed by atoms with van der Waals surface area (Å²) in [5, 5.41) is 0. The standard InChI is InChI=1S/C22H28N2O5S/c1-28-19-11-9-17(10-12-19)18-7-4-6-16(14-18)15-21-20(23-30(3,26)27)8-5-13-24(21)22(25)29-2/h4,6-7,9-12,14,20-21,23H,5,8,13,15H2,1-3H3/t20-,21-/m0/s1. The summed E-state index contributed by atoms with van der Waals surface area (Å²) >= 11 is 0. The maximum atomic E-state index is 12.3. The van der Waals surface area contributed by atoms with Crippen LogP contribution in [0.15, 0.2) is 48.5 Å². The molecule has 0 spiro atoms. The highest BCUT2D eigenvalue weighted by Crippen LogP contribution is 2.27. The zero-order valence-corrected chi connectivity index (χ0v) is 18.3. The number of piperidine rings is 1. The number of carbonyl (C=O) groups is 1. The average Bonchev–Trinajstić information content (AvgIpc) is 2.73. The first-order valence-corrected chi connectivity index (χ1v) is 11.7. The van der Waals surface area contributed by atoms with E-state index >= 15 is 0 Å². The molecular formula is C22H28N2O5S. The number of ether oxygens (including phenoxy) is 2. The van der Waals surface area contributed by atoms with Gasteiger partial charge in [0.2, 0.25) is 10.0 Å². The molecule has 7 nitrogen and oxygen atoms in total. The molecule has 2 atom stereocenters. The van der Waals surface area contributed by atoms with E-state index in [-0.39, 0.29) is 12.1 Å². The van der Waals surface area contributed by atoms with Crippen molar-refractivity contribution in [1.29, 1.82) is 0 Å². The van der Waals surface area contributed by atoms with Gasteiger partial charge in [0.15, 0.2) is 0 Å². The number of likely N-dealkylation sites (tertiary alicyclic amines) is 1. The highest BCUT2D eigenvalue weighted by atomic mass is 32.2. The minimum absolute atomic E-state index is 0.327. The molecule has 0 bridgehead atoms. The molecule has 1 heterocycles. The van der Waals surface area contributed by atoms with Gasteiger partial charge in [-0.3, -0.25) is 0 Å². The lowest BCUT2D eigenvalue weighted by Gasteiger charge is -2.40. The first kappa shape index (κ1) is 22.1. The van der Waals surface area contributed by atoms with E-state index in [2.05, 4.69) is 10.8 Å². The van der Waals surface area contributed by atoms with Gasteiger partial charge < -0.3 is 14.4 Å². The van der Waals surface area contributed by atoms with Crippen molar-refractivity contribution >= 4 is 16.1 Å². The van der Waals surface area contributed by atoms with Crippen LogP contribution in [-0.2, 0) is 21.2 Å². The summed E-state index contributed by atoms with van der Waals surface area (Å²) < 4.78 is 36.6. The Labute approximate surface area is 178 Å². The van der Waals surface area contributed by atoms with Gasteiger partial charge in [-0.05, 0) is 48.1 Å². The summed E-state index contributed by atoms with van der Waals surface area (Å²) in [6.45, 7) is 0.539. The maximum Gasteiger partial charge on any atom is 0.409 e. The molecule has 1 N–H and O–H groups in total. The number of carbonyl (C=O) groups excluding carboxylic acids is 1. The third-order valence-corrected chi connectivity index (χ3v) is 6.08. The van der Waals surface area contributed by atoms with Crippen molar-refractivity contribution in [3.05, 3.63) is 54.1 Å². The smallest absolute Gasteiger partial charge is 0.409 e. The van der Waals surface area contributed by atoms with Crippen LogP contribution in [0.3, 0.4) is 0 Å². The Morgan fingerprint density at radius 2 is 1.87 bits per heavy atom. The Balaban J connectivity index is 1.88. The molecule has 1 aliphatic heterocycles. The molecule has 2 aromatic carbocycles. The van der Waals surface area contributed by atoms with Crippen molar-refractivity contribution in [2.45, 2.75) is 31.3 Å². The molecule has 0 aromatic heterocycles. The highest BCUT2D eigenvalue weighted by molar-refractivity contribution is 7.88. The predicted molar refractivity (Wildman–Crippen MR) is 116 cm³/mol. The Kier molecular flexibility index (Phi) is 6.99. The van der Waals surface area contributed by atoms with E-state index in [1.165, 1.54) is 7.11 Å². The molecule has 1 fully saturated rings. The van der Waals surface area contributed by atoms with Crippen molar-refractivity contribution in [1.82, 2.24) is 9.62 Å². The van der Waals surface area contributed by atoms with Crippen LogP contribution in [-0.4, -0.2) is 58.5 Å². The summed E-state index contributed by atoms with van der Waals surface area (Å²) in [4.78, 5) is 14.0. The van der Waals surface area contributed by atoms with Crippen LogP contribution in [0, 0.1) is 0 Å². The number of methoxy groups -OCH3 is 2. The monoisotopic (exact) mass is 432 g/mol. The predicted octanol–water partition coefficient (Wildman–Crippen LogP) is 3.05. The summed E-state index contributed by atoms with van der Waals surface area (Å²) in [5.41, 5.74) is 3.12. The van der Waals surface area contributed by atoms with Gasteiger partial charge in [0.05, 0.1) is 26.5 Å². The molecule has 3 rings (SSSR count). The second kappa shape index (κ2) is 9.49. The number of nitrogens with zero attached hydrogens (tertiary/aromatic N) is 1. The molecule has 0 saturated carbocycles. The number of sulfonamides is 1. The Hall–Kier alpha value is -2.58. The summed E-state index contributed by atoms with van der Waals surface area (Å²) in [5.74, 6) is 0.792. The zero-order valence-electron chi connectivity index (χ0n) is 17.5. The topological polar surface area (TPSA) is 84.9 Å². The lowest BCUT2D eigenvalue weighted by atomic mass is 9.90. The highest BCUT2D eigenvalue weighted by Gasteiger charge is 2.36. The largest absolute Gasteiger partial charge is 0.497 e. The van der Waals surface area contributed by atoms with Crippen molar-refractivity contribution in [3.8, 4) is 16.9 Å². The van der Waals surface area contributed by atoms with E-state index in [1.807, 2.05) is 42.5 Å². The number of rotatable bonds is 6. The van der Waals surface area contributed by atoms with E-state index in [9.17, 15) is 13.2 Å². The number of hydrogen-bond donors (Lipinski definition) is 1. The number of hydrogen-bond acceptors (Lipinski definition) is 5. The van der Waals surface area contributed by atoms with Crippen LogP contribution in [0.25, 0.3) is 11.1 Å². The third kappa shape index (κ3) is 5.52. The minimum atomic E-state index is -3.40. The molecule has 1 amide bonds. The number of benzene rings is 2. The first-order valence-electron chi connectivity index (χ1n) is 9.86. The average molecular weight is 433 g/mol. The van der Waals surface area contributed by atoms with E-state index in [0.717, 1.165) is 28.7 Å².